The maximum absolute atomic E-state index is 13.2. The highest BCUT2D eigenvalue weighted by Crippen LogP contribution is 2.15. The van der Waals surface area contributed by atoms with Crippen LogP contribution in [-0.2, 0) is 0 Å². The van der Waals surface area contributed by atoms with Crippen molar-refractivity contribution in [2.24, 2.45) is 0 Å². The molecule has 0 aliphatic rings. The van der Waals surface area contributed by atoms with Crippen molar-refractivity contribution in [1.82, 2.24) is 5.32 Å². The van der Waals surface area contributed by atoms with Crippen molar-refractivity contribution in [3.8, 4) is 5.75 Å². The van der Waals surface area contributed by atoms with E-state index in [0.717, 1.165) is 32.4 Å². The normalized spacial score (nSPS) is 10.6. The number of nitrogens with one attached hydrogen (secondary N) is 1. The van der Waals surface area contributed by atoms with Crippen LogP contribution in [0.25, 0.3) is 0 Å². The number of para-hydroxylation sites is 1. The predicted molar refractivity (Wildman–Crippen MR) is 73.5 cm³/mol. The van der Waals surface area contributed by atoms with E-state index in [1.807, 2.05) is 0 Å². The van der Waals surface area contributed by atoms with Gasteiger partial charge in [-0.05, 0) is 50.9 Å². The predicted octanol–water partition coefficient (Wildman–Crippen LogP) is 3.76. The lowest BCUT2D eigenvalue weighted by atomic mass is 10.2. The van der Waals surface area contributed by atoms with Crippen molar-refractivity contribution < 1.29 is 9.13 Å². The summed E-state index contributed by atoms with van der Waals surface area (Å²) < 4.78 is 18.6. The van der Waals surface area contributed by atoms with E-state index in [-0.39, 0.29) is 5.82 Å². The van der Waals surface area contributed by atoms with E-state index in [2.05, 4.69) is 12.2 Å². The average molecular weight is 253 g/mol. The molecule has 1 N–H and O–H groups in total. The molecule has 0 fully saturated rings. The van der Waals surface area contributed by atoms with Crippen LogP contribution in [-0.4, -0.2) is 19.7 Å². The Morgan fingerprint density at radius 1 is 1.06 bits per heavy atom. The van der Waals surface area contributed by atoms with Gasteiger partial charge in [0.15, 0.2) is 11.6 Å². The van der Waals surface area contributed by atoms with E-state index in [9.17, 15) is 4.39 Å². The lowest BCUT2D eigenvalue weighted by Crippen LogP contribution is -2.16. The van der Waals surface area contributed by atoms with Gasteiger partial charge in [-0.3, -0.25) is 0 Å². The molecule has 0 bridgehead atoms. The Balaban J connectivity index is 1.94. The van der Waals surface area contributed by atoms with Gasteiger partial charge < -0.3 is 10.1 Å². The Hall–Kier alpha value is -1.09. The van der Waals surface area contributed by atoms with Gasteiger partial charge in [0.25, 0.3) is 0 Å². The molecule has 3 heteroatoms. The Morgan fingerprint density at radius 2 is 1.83 bits per heavy atom. The van der Waals surface area contributed by atoms with Gasteiger partial charge in [-0.1, -0.05) is 25.5 Å². The summed E-state index contributed by atoms with van der Waals surface area (Å²) in [4.78, 5) is 0. The molecule has 0 radical (unpaired) electrons. The molecular formula is C15H24FNO. The molecule has 1 aromatic rings. The average Bonchev–Trinajstić information content (AvgIpc) is 2.39. The van der Waals surface area contributed by atoms with Crippen molar-refractivity contribution >= 4 is 0 Å². The minimum absolute atomic E-state index is 0.279. The lowest BCUT2D eigenvalue weighted by Gasteiger charge is -2.07. The minimum Gasteiger partial charge on any atom is -0.491 e. The van der Waals surface area contributed by atoms with E-state index in [1.165, 1.54) is 18.9 Å². The van der Waals surface area contributed by atoms with Crippen LogP contribution < -0.4 is 10.1 Å². The van der Waals surface area contributed by atoms with Gasteiger partial charge in [0.1, 0.15) is 0 Å². The second kappa shape index (κ2) is 9.89. The van der Waals surface area contributed by atoms with Gasteiger partial charge in [-0.15, -0.1) is 0 Å². The number of rotatable bonds is 10. The molecule has 1 rings (SSSR count). The number of unbranched alkanes of at least 4 members (excludes halogenated alkanes) is 3. The summed E-state index contributed by atoms with van der Waals surface area (Å²) in [7, 11) is 0. The fourth-order valence-corrected chi connectivity index (χ4v) is 1.70. The zero-order valence-corrected chi connectivity index (χ0v) is 11.3. The molecule has 0 saturated carbocycles. The first-order valence-electron chi connectivity index (χ1n) is 6.92. The lowest BCUT2D eigenvalue weighted by molar-refractivity contribution is 0.290. The third-order valence-corrected chi connectivity index (χ3v) is 2.80. The molecule has 0 aliphatic heterocycles. The van der Waals surface area contributed by atoms with Crippen LogP contribution in [0, 0.1) is 5.82 Å². The Kier molecular flexibility index (Phi) is 8.23. The van der Waals surface area contributed by atoms with Gasteiger partial charge in [0, 0.05) is 0 Å². The van der Waals surface area contributed by atoms with Crippen LogP contribution in [0.15, 0.2) is 24.3 Å². The summed E-state index contributed by atoms with van der Waals surface area (Å²) in [5.41, 5.74) is 0. The molecular weight excluding hydrogens is 229 g/mol. The maximum Gasteiger partial charge on any atom is 0.165 e. The molecule has 2 nitrogen and oxygen atoms in total. The topological polar surface area (TPSA) is 21.3 Å². The third kappa shape index (κ3) is 6.60. The van der Waals surface area contributed by atoms with Gasteiger partial charge in [-0.2, -0.15) is 0 Å². The number of benzene rings is 1. The van der Waals surface area contributed by atoms with E-state index >= 15 is 0 Å². The fraction of sp³-hybridized carbons (Fsp3) is 0.600. The van der Waals surface area contributed by atoms with Crippen molar-refractivity contribution in [2.75, 3.05) is 19.7 Å². The molecule has 0 aromatic heterocycles. The number of hydrogen-bond donors (Lipinski definition) is 1. The molecule has 0 spiro atoms. The first kappa shape index (κ1) is 15.0. The summed E-state index contributed by atoms with van der Waals surface area (Å²) in [6, 6.07) is 6.55. The summed E-state index contributed by atoms with van der Waals surface area (Å²) >= 11 is 0. The monoisotopic (exact) mass is 253 g/mol. The molecule has 18 heavy (non-hydrogen) atoms. The highest BCUT2D eigenvalue weighted by molar-refractivity contribution is 5.23. The molecule has 0 unspecified atom stereocenters. The maximum atomic E-state index is 13.2. The summed E-state index contributed by atoms with van der Waals surface area (Å²) in [5, 5.41) is 3.40. The molecule has 0 heterocycles. The second-order valence-corrected chi connectivity index (χ2v) is 4.44. The molecule has 0 aliphatic carbocycles. The quantitative estimate of drug-likeness (QED) is 0.641. The standard InChI is InChI=1S/C15H24FNO/c1-2-3-11-17-12-7-4-8-13-18-15-10-6-5-9-14(15)16/h5-6,9-10,17H,2-4,7-8,11-13H2,1H3. The SMILES string of the molecule is CCCCNCCCCCOc1ccccc1F. The zero-order valence-electron chi connectivity index (χ0n) is 11.3. The summed E-state index contributed by atoms with van der Waals surface area (Å²) in [5.74, 6) is 0.0808. The smallest absolute Gasteiger partial charge is 0.165 e. The van der Waals surface area contributed by atoms with Crippen LogP contribution in [0.4, 0.5) is 4.39 Å². The van der Waals surface area contributed by atoms with E-state index in [0.29, 0.717) is 12.4 Å². The molecule has 1 aromatic carbocycles. The fourth-order valence-electron chi connectivity index (χ4n) is 1.70. The molecule has 0 atom stereocenters. The Morgan fingerprint density at radius 3 is 2.61 bits per heavy atom. The Bertz CT molecular complexity index is 317. The van der Waals surface area contributed by atoms with Crippen LogP contribution in [0.1, 0.15) is 39.0 Å². The first-order valence-corrected chi connectivity index (χ1v) is 6.92. The molecule has 102 valence electrons. The summed E-state index contributed by atoms with van der Waals surface area (Å²) in [6.07, 6.45) is 5.74. The van der Waals surface area contributed by atoms with Crippen LogP contribution in [0.5, 0.6) is 5.75 Å². The highest BCUT2D eigenvalue weighted by atomic mass is 19.1. The largest absolute Gasteiger partial charge is 0.491 e. The summed E-state index contributed by atoms with van der Waals surface area (Å²) in [6.45, 7) is 4.97. The Labute approximate surface area is 110 Å². The van der Waals surface area contributed by atoms with Crippen LogP contribution in [0.3, 0.4) is 0 Å². The van der Waals surface area contributed by atoms with Crippen molar-refractivity contribution in [1.29, 1.82) is 0 Å². The molecule has 0 saturated heterocycles. The highest BCUT2D eigenvalue weighted by Gasteiger charge is 2.00. The van der Waals surface area contributed by atoms with Crippen molar-refractivity contribution in [3.05, 3.63) is 30.1 Å². The first-order chi connectivity index (χ1) is 8.84. The minimum atomic E-state index is -0.279. The van der Waals surface area contributed by atoms with Gasteiger partial charge in [-0.25, -0.2) is 4.39 Å². The number of halogens is 1. The van der Waals surface area contributed by atoms with Gasteiger partial charge >= 0.3 is 0 Å². The van der Waals surface area contributed by atoms with Gasteiger partial charge in [0.05, 0.1) is 6.61 Å². The second-order valence-electron chi connectivity index (χ2n) is 4.44. The van der Waals surface area contributed by atoms with E-state index < -0.39 is 0 Å². The van der Waals surface area contributed by atoms with E-state index in [4.69, 9.17) is 4.74 Å². The van der Waals surface area contributed by atoms with Crippen LogP contribution in [0.2, 0.25) is 0 Å². The van der Waals surface area contributed by atoms with Gasteiger partial charge in [0.2, 0.25) is 0 Å². The van der Waals surface area contributed by atoms with Crippen molar-refractivity contribution in [2.45, 2.75) is 39.0 Å². The molecule has 0 amide bonds. The zero-order chi connectivity index (χ0) is 13.1. The third-order valence-electron chi connectivity index (χ3n) is 2.80. The van der Waals surface area contributed by atoms with E-state index in [1.54, 1.807) is 18.2 Å². The number of ether oxygens (including phenoxy) is 1. The van der Waals surface area contributed by atoms with Crippen LogP contribution >= 0.6 is 0 Å². The van der Waals surface area contributed by atoms with Crippen molar-refractivity contribution in [3.63, 3.8) is 0 Å². The number of hydrogen-bond acceptors (Lipinski definition) is 2.